The number of aryl methyl sites for hydroxylation is 3. The molecule has 0 saturated heterocycles. The first-order chi connectivity index (χ1) is 15.6. The molecule has 0 fully saturated rings. The van der Waals surface area contributed by atoms with Crippen molar-refractivity contribution < 1.29 is 4.79 Å². The Labute approximate surface area is 194 Å². The topological polar surface area (TPSA) is 29.1 Å². The van der Waals surface area contributed by atoms with Crippen molar-refractivity contribution in [3.63, 3.8) is 0 Å². The predicted molar refractivity (Wildman–Crippen MR) is 140 cm³/mol. The number of hydrogen-bond donors (Lipinski definition) is 1. The molecule has 0 radical (unpaired) electrons. The van der Waals surface area contributed by atoms with Gasteiger partial charge < -0.3 is 5.32 Å². The molecule has 168 valence electrons. The minimum Gasteiger partial charge on any atom is -0.388 e. The molecule has 2 nitrogen and oxygen atoms in total. The fourth-order valence-corrected chi connectivity index (χ4v) is 3.93. The summed E-state index contributed by atoms with van der Waals surface area (Å²) in [6.07, 6.45) is 7.99. The van der Waals surface area contributed by atoms with Crippen LogP contribution in [0.15, 0.2) is 73.3 Å². The van der Waals surface area contributed by atoms with E-state index in [0.717, 1.165) is 12.1 Å². The van der Waals surface area contributed by atoms with E-state index in [0.29, 0.717) is 6.29 Å². The van der Waals surface area contributed by atoms with Gasteiger partial charge in [-0.3, -0.25) is 4.79 Å². The minimum atomic E-state index is 0.639. The third-order valence-electron chi connectivity index (χ3n) is 5.74. The van der Waals surface area contributed by atoms with Crippen molar-refractivity contribution in [2.75, 3.05) is 12.4 Å². The average Bonchev–Trinajstić information content (AvgIpc) is 2.84. The summed E-state index contributed by atoms with van der Waals surface area (Å²) in [5, 5.41) is 3.18. The van der Waals surface area contributed by atoms with Crippen LogP contribution < -0.4 is 5.32 Å². The van der Waals surface area contributed by atoms with E-state index in [9.17, 15) is 0 Å². The maximum atomic E-state index is 9.06. The Morgan fingerprint density at radius 3 is 2.09 bits per heavy atom. The van der Waals surface area contributed by atoms with Crippen LogP contribution in [-0.2, 0) is 17.6 Å². The Morgan fingerprint density at radius 2 is 1.53 bits per heavy atom. The highest BCUT2D eigenvalue weighted by Gasteiger charge is 2.09. The number of rotatable bonds is 9. The highest BCUT2D eigenvalue weighted by atomic mass is 16.1. The van der Waals surface area contributed by atoms with E-state index in [1.165, 1.54) is 70.7 Å². The first-order valence-corrected chi connectivity index (χ1v) is 11.6. The molecule has 3 aromatic rings. The summed E-state index contributed by atoms with van der Waals surface area (Å²) in [5.41, 5.74) is 10.7. The molecule has 0 spiro atoms. The third kappa shape index (κ3) is 6.95. The van der Waals surface area contributed by atoms with Crippen LogP contribution in [0.2, 0.25) is 0 Å². The van der Waals surface area contributed by atoms with E-state index >= 15 is 0 Å². The summed E-state index contributed by atoms with van der Waals surface area (Å²) < 4.78 is 0. The molecule has 0 aliphatic carbocycles. The number of anilines is 1. The molecule has 2 heteroatoms. The number of unbranched alkanes of at least 4 members (excludes halogenated alkanes) is 2. The SMILES string of the molecule is C=CC=O.CCCCCc1ccc(-c2ccc(-c3ccc(NC)cc3)c(C)c2)c(CC)c1. The third-order valence-corrected chi connectivity index (χ3v) is 5.74. The first kappa shape index (κ1) is 25.1. The van der Waals surface area contributed by atoms with Gasteiger partial charge in [-0.05, 0) is 83.3 Å². The Bertz CT molecular complexity index is 996. The summed E-state index contributed by atoms with van der Waals surface area (Å²) in [4.78, 5) is 9.06. The zero-order valence-corrected chi connectivity index (χ0v) is 20.1. The number of hydrogen-bond acceptors (Lipinski definition) is 2. The van der Waals surface area contributed by atoms with Gasteiger partial charge in [0.1, 0.15) is 6.29 Å². The van der Waals surface area contributed by atoms with Gasteiger partial charge in [-0.1, -0.05) is 81.8 Å². The number of carbonyl (C=O) groups is 1. The molecular formula is C30H37NO. The van der Waals surface area contributed by atoms with Crippen LogP contribution in [-0.4, -0.2) is 13.3 Å². The normalized spacial score (nSPS) is 10.1. The molecular weight excluding hydrogens is 390 g/mol. The highest BCUT2D eigenvalue weighted by Crippen LogP contribution is 2.31. The quantitative estimate of drug-likeness (QED) is 0.213. The first-order valence-electron chi connectivity index (χ1n) is 11.6. The van der Waals surface area contributed by atoms with E-state index in [1.807, 2.05) is 7.05 Å². The van der Waals surface area contributed by atoms with Crippen LogP contribution in [0.1, 0.15) is 49.8 Å². The van der Waals surface area contributed by atoms with Crippen molar-refractivity contribution in [1.29, 1.82) is 0 Å². The Balaban J connectivity index is 0.000000837. The second-order valence-corrected chi connectivity index (χ2v) is 8.03. The van der Waals surface area contributed by atoms with Crippen LogP contribution >= 0.6 is 0 Å². The van der Waals surface area contributed by atoms with Crippen LogP contribution in [0.25, 0.3) is 22.3 Å². The van der Waals surface area contributed by atoms with Gasteiger partial charge in [-0.15, -0.1) is 0 Å². The summed E-state index contributed by atoms with van der Waals surface area (Å²) in [7, 11) is 1.95. The number of nitrogens with one attached hydrogen (secondary N) is 1. The highest BCUT2D eigenvalue weighted by molar-refractivity contribution is 5.76. The molecule has 3 rings (SSSR count). The van der Waals surface area contributed by atoms with Crippen molar-refractivity contribution in [2.24, 2.45) is 0 Å². The minimum absolute atomic E-state index is 0.639. The fraction of sp³-hybridized carbons (Fsp3) is 0.300. The molecule has 0 aliphatic heterocycles. The van der Waals surface area contributed by atoms with Crippen LogP contribution in [0.4, 0.5) is 5.69 Å². The molecule has 0 unspecified atom stereocenters. The smallest absolute Gasteiger partial charge is 0.142 e. The molecule has 0 heterocycles. The van der Waals surface area contributed by atoms with Gasteiger partial charge in [0.25, 0.3) is 0 Å². The van der Waals surface area contributed by atoms with E-state index in [1.54, 1.807) is 0 Å². The molecule has 3 aromatic carbocycles. The zero-order valence-electron chi connectivity index (χ0n) is 20.1. The predicted octanol–water partition coefficient (Wildman–Crippen LogP) is 8.04. The summed E-state index contributed by atoms with van der Waals surface area (Å²) in [6, 6.07) is 22.6. The van der Waals surface area contributed by atoms with E-state index in [4.69, 9.17) is 4.79 Å². The number of aldehydes is 1. The number of carbonyl (C=O) groups excluding carboxylic acids is 1. The monoisotopic (exact) mass is 427 g/mol. The van der Waals surface area contributed by atoms with Gasteiger partial charge in [0.15, 0.2) is 0 Å². The number of benzene rings is 3. The maximum Gasteiger partial charge on any atom is 0.142 e. The Hall–Kier alpha value is -3.13. The van der Waals surface area contributed by atoms with E-state index in [-0.39, 0.29) is 0 Å². The largest absolute Gasteiger partial charge is 0.388 e. The lowest BCUT2D eigenvalue weighted by Gasteiger charge is -2.14. The lowest BCUT2D eigenvalue weighted by molar-refractivity contribution is -0.104. The van der Waals surface area contributed by atoms with Crippen LogP contribution in [0.5, 0.6) is 0 Å². The van der Waals surface area contributed by atoms with Crippen LogP contribution in [0, 0.1) is 6.92 Å². The van der Waals surface area contributed by atoms with Gasteiger partial charge in [-0.2, -0.15) is 0 Å². The molecule has 0 saturated carbocycles. The van der Waals surface area contributed by atoms with E-state index < -0.39 is 0 Å². The molecule has 0 aliphatic rings. The van der Waals surface area contributed by atoms with Gasteiger partial charge >= 0.3 is 0 Å². The Kier molecular flexibility index (Phi) is 10.5. The average molecular weight is 428 g/mol. The van der Waals surface area contributed by atoms with Crippen molar-refractivity contribution in [3.8, 4) is 22.3 Å². The van der Waals surface area contributed by atoms with E-state index in [2.05, 4.69) is 93.3 Å². The molecule has 1 N–H and O–H groups in total. The summed E-state index contributed by atoms with van der Waals surface area (Å²) >= 11 is 0. The molecule has 0 amide bonds. The van der Waals surface area contributed by atoms with Gasteiger partial charge in [0, 0.05) is 12.7 Å². The standard InChI is InChI=1S/C27H33N.C3H4O/c1-5-7-8-9-21-10-16-27(22(6-2)19-21)24-13-17-26(20(3)18-24)23-11-14-25(28-4)15-12-23;1-2-3-4/h10-19,28H,5-9H2,1-4H3;2-3H,1H2. The molecule has 0 bridgehead atoms. The lowest BCUT2D eigenvalue weighted by Crippen LogP contribution is -1.94. The van der Waals surface area contributed by atoms with Gasteiger partial charge in [-0.25, -0.2) is 0 Å². The second-order valence-electron chi connectivity index (χ2n) is 8.03. The lowest BCUT2D eigenvalue weighted by atomic mass is 9.91. The zero-order chi connectivity index (χ0) is 23.3. The fourth-order valence-electron chi connectivity index (χ4n) is 3.93. The van der Waals surface area contributed by atoms with Crippen molar-refractivity contribution >= 4 is 12.0 Å². The maximum absolute atomic E-state index is 9.06. The molecule has 0 atom stereocenters. The second kappa shape index (κ2) is 13.3. The van der Waals surface area contributed by atoms with Crippen molar-refractivity contribution in [3.05, 3.63) is 90.0 Å². The number of allylic oxidation sites excluding steroid dienone is 1. The van der Waals surface area contributed by atoms with Crippen molar-refractivity contribution in [1.82, 2.24) is 0 Å². The van der Waals surface area contributed by atoms with Gasteiger partial charge in [0.2, 0.25) is 0 Å². The Morgan fingerprint density at radius 1 is 0.875 bits per heavy atom. The molecule has 32 heavy (non-hydrogen) atoms. The summed E-state index contributed by atoms with van der Waals surface area (Å²) in [6.45, 7) is 9.86. The van der Waals surface area contributed by atoms with Crippen molar-refractivity contribution in [2.45, 2.75) is 52.9 Å². The van der Waals surface area contributed by atoms with Crippen LogP contribution in [0.3, 0.4) is 0 Å². The molecule has 0 aromatic heterocycles. The van der Waals surface area contributed by atoms with Gasteiger partial charge in [0.05, 0.1) is 0 Å². The summed E-state index contributed by atoms with van der Waals surface area (Å²) in [5.74, 6) is 0.